The number of para-hydroxylation sites is 1. The van der Waals surface area contributed by atoms with E-state index in [1.54, 1.807) is 12.1 Å². The van der Waals surface area contributed by atoms with E-state index in [1.165, 1.54) is 24.7 Å². The van der Waals surface area contributed by atoms with Gasteiger partial charge in [-0.05, 0) is 29.7 Å². The Labute approximate surface area is 225 Å². The fraction of sp³-hybridized carbons (Fsp3) is 0.179. The molecule has 0 fully saturated rings. The molecule has 3 N–H and O–H groups in total. The maximum absolute atomic E-state index is 16.0. The van der Waals surface area contributed by atoms with Crippen LogP contribution in [0, 0.1) is 16.4 Å². The number of aromatic amines is 2. The van der Waals surface area contributed by atoms with Crippen molar-refractivity contribution in [2.24, 2.45) is 5.41 Å². The molecule has 0 spiro atoms. The number of anilines is 1. The highest BCUT2D eigenvalue weighted by Crippen LogP contribution is 2.36. The van der Waals surface area contributed by atoms with Gasteiger partial charge in [0.25, 0.3) is 0 Å². The molecule has 0 aliphatic heterocycles. The van der Waals surface area contributed by atoms with Gasteiger partial charge >= 0.3 is 0 Å². The van der Waals surface area contributed by atoms with Crippen LogP contribution in [0.25, 0.3) is 55.2 Å². The Morgan fingerprint density at radius 3 is 2.67 bits per heavy atom. The van der Waals surface area contributed by atoms with Crippen LogP contribution in [0.4, 0.5) is 14.5 Å². The van der Waals surface area contributed by atoms with Crippen LogP contribution in [0.5, 0.6) is 0 Å². The molecule has 1 amide bonds. The number of fused-ring (bicyclic) bond motifs is 2. The van der Waals surface area contributed by atoms with E-state index in [-0.39, 0.29) is 33.2 Å². The van der Waals surface area contributed by atoms with E-state index in [0.717, 1.165) is 21.8 Å². The average Bonchev–Trinajstić information content (AvgIpc) is 3.60. The van der Waals surface area contributed by atoms with E-state index in [4.69, 9.17) is 4.98 Å². The maximum atomic E-state index is 16.0. The lowest BCUT2D eigenvalue weighted by molar-refractivity contribution is -0.117. The molecule has 5 heterocycles. The average molecular weight is 544 g/mol. The first-order chi connectivity index (χ1) is 18.7. The van der Waals surface area contributed by atoms with E-state index in [1.807, 2.05) is 39.0 Å². The van der Waals surface area contributed by atoms with Gasteiger partial charge in [-0.3, -0.25) is 19.9 Å². The van der Waals surface area contributed by atoms with Crippen LogP contribution >= 0.6 is 11.3 Å². The van der Waals surface area contributed by atoms with Crippen molar-refractivity contribution in [2.45, 2.75) is 27.2 Å². The monoisotopic (exact) mass is 543 g/mol. The summed E-state index contributed by atoms with van der Waals surface area (Å²) < 4.78 is 29.7. The number of imidazole rings is 1. The van der Waals surface area contributed by atoms with Gasteiger partial charge < -0.3 is 10.3 Å². The lowest BCUT2D eigenvalue weighted by Crippen LogP contribution is -2.19. The first-order valence-corrected chi connectivity index (χ1v) is 13.0. The molecule has 5 aromatic heterocycles. The van der Waals surface area contributed by atoms with Gasteiger partial charge in [0, 0.05) is 28.6 Å². The van der Waals surface area contributed by atoms with E-state index >= 15 is 4.39 Å². The summed E-state index contributed by atoms with van der Waals surface area (Å²) in [4.78, 5) is 29.5. The van der Waals surface area contributed by atoms with Crippen LogP contribution in [-0.4, -0.2) is 36.0 Å². The maximum Gasteiger partial charge on any atom is 0.224 e. The third-order valence-corrected chi connectivity index (χ3v) is 7.01. The number of thiophene rings is 1. The molecule has 1 aromatic carbocycles. The SMILES string of the molecule is CC(C)(C)CC(=O)Nc1cncc(-c2ncc3[nH]nc(-c4nc5c(-c6ccc(F)s6)cccc5[nH]4)c3c2F)c1. The Morgan fingerprint density at radius 2 is 1.90 bits per heavy atom. The zero-order valence-electron chi connectivity index (χ0n) is 21.3. The van der Waals surface area contributed by atoms with Gasteiger partial charge in [-0.15, -0.1) is 11.3 Å². The lowest BCUT2D eigenvalue weighted by Gasteiger charge is -2.17. The predicted molar refractivity (Wildman–Crippen MR) is 148 cm³/mol. The molecule has 11 heteroatoms. The van der Waals surface area contributed by atoms with Crippen molar-refractivity contribution in [2.75, 3.05) is 5.32 Å². The topological polar surface area (TPSA) is 112 Å². The van der Waals surface area contributed by atoms with Crippen molar-refractivity contribution in [1.82, 2.24) is 30.1 Å². The largest absolute Gasteiger partial charge is 0.337 e. The summed E-state index contributed by atoms with van der Waals surface area (Å²) in [5, 5.41) is 9.90. The van der Waals surface area contributed by atoms with E-state index in [2.05, 4.69) is 30.5 Å². The fourth-order valence-electron chi connectivity index (χ4n) is 4.47. The molecule has 0 atom stereocenters. The predicted octanol–water partition coefficient (Wildman–Crippen LogP) is 6.94. The Hall–Kier alpha value is -4.51. The third kappa shape index (κ3) is 4.76. The van der Waals surface area contributed by atoms with Gasteiger partial charge in [-0.2, -0.15) is 9.49 Å². The highest BCUT2D eigenvalue weighted by molar-refractivity contribution is 7.14. The molecule has 0 radical (unpaired) electrons. The number of carbonyl (C=O) groups is 1. The third-order valence-electron chi connectivity index (χ3n) is 6.11. The minimum Gasteiger partial charge on any atom is -0.337 e. The van der Waals surface area contributed by atoms with Crippen molar-refractivity contribution >= 4 is 44.9 Å². The molecule has 8 nitrogen and oxygen atoms in total. The molecule has 0 aliphatic carbocycles. The first-order valence-electron chi connectivity index (χ1n) is 12.2. The fourth-order valence-corrected chi connectivity index (χ4v) is 5.23. The Bertz CT molecular complexity index is 1870. The Balaban J connectivity index is 1.40. The molecule has 0 bridgehead atoms. The highest BCUT2D eigenvalue weighted by atomic mass is 32.1. The summed E-state index contributed by atoms with van der Waals surface area (Å²) in [6.45, 7) is 5.93. The quantitative estimate of drug-likeness (QED) is 0.218. The van der Waals surface area contributed by atoms with Crippen molar-refractivity contribution in [3.05, 3.63) is 65.9 Å². The summed E-state index contributed by atoms with van der Waals surface area (Å²) in [6.07, 6.45) is 4.83. The number of nitrogens with zero attached hydrogens (tertiary/aromatic N) is 4. The van der Waals surface area contributed by atoms with E-state index < -0.39 is 5.82 Å². The molecule has 0 saturated heterocycles. The minimum atomic E-state index is -0.600. The Kier molecular flexibility index (Phi) is 5.95. The zero-order valence-corrected chi connectivity index (χ0v) is 22.1. The number of pyridine rings is 2. The molecule has 0 saturated carbocycles. The van der Waals surface area contributed by atoms with Gasteiger partial charge in [-0.1, -0.05) is 32.9 Å². The van der Waals surface area contributed by atoms with Gasteiger partial charge in [0.2, 0.25) is 5.91 Å². The van der Waals surface area contributed by atoms with Crippen LogP contribution in [0.2, 0.25) is 0 Å². The minimum absolute atomic E-state index is 0.0652. The number of H-pyrrole nitrogens is 2. The second kappa shape index (κ2) is 9.35. The number of halogens is 2. The van der Waals surface area contributed by atoms with Crippen molar-refractivity contribution < 1.29 is 13.6 Å². The number of rotatable bonds is 5. The number of carbonyl (C=O) groups excluding carboxylic acids is 1. The number of hydrogen-bond donors (Lipinski definition) is 3. The molecule has 0 unspecified atom stereocenters. The summed E-state index contributed by atoms with van der Waals surface area (Å²) in [5.74, 6) is -0.396. The smallest absolute Gasteiger partial charge is 0.224 e. The van der Waals surface area contributed by atoms with Crippen molar-refractivity contribution in [3.8, 4) is 33.2 Å². The van der Waals surface area contributed by atoms with Crippen molar-refractivity contribution in [3.63, 3.8) is 0 Å². The summed E-state index contributed by atoms with van der Waals surface area (Å²) in [6, 6.07) is 10.3. The van der Waals surface area contributed by atoms with Crippen molar-refractivity contribution in [1.29, 1.82) is 0 Å². The molecule has 196 valence electrons. The lowest BCUT2D eigenvalue weighted by atomic mass is 9.92. The van der Waals surface area contributed by atoms with Crippen LogP contribution in [-0.2, 0) is 4.79 Å². The first kappa shape index (κ1) is 24.8. The molecule has 39 heavy (non-hydrogen) atoms. The number of benzene rings is 1. The summed E-state index contributed by atoms with van der Waals surface area (Å²) >= 11 is 1.03. The normalized spacial score (nSPS) is 11.9. The number of aromatic nitrogens is 6. The molecule has 6 rings (SSSR count). The zero-order chi connectivity index (χ0) is 27.3. The van der Waals surface area contributed by atoms with Crippen LogP contribution < -0.4 is 5.32 Å². The molecule has 6 aromatic rings. The van der Waals surface area contributed by atoms with Crippen LogP contribution in [0.1, 0.15) is 27.2 Å². The van der Waals surface area contributed by atoms with Crippen LogP contribution in [0.3, 0.4) is 0 Å². The number of nitrogens with one attached hydrogen (secondary N) is 3. The van der Waals surface area contributed by atoms with Gasteiger partial charge in [0.05, 0.1) is 40.0 Å². The van der Waals surface area contributed by atoms with Gasteiger partial charge in [0.1, 0.15) is 11.4 Å². The summed E-state index contributed by atoms with van der Waals surface area (Å²) in [7, 11) is 0. The highest BCUT2D eigenvalue weighted by Gasteiger charge is 2.22. The molecule has 0 aliphatic rings. The van der Waals surface area contributed by atoms with E-state index in [0.29, 0.717) is 40.0 Å². The molecular formula is C28H23F2N7OS. The second-order valence-corrected chi connectivity index (χ2v) is 11.5. The van der Waals surface area contributed by atoms with Crippen LogP contribution in [0.15, 0.2) is 55.0 Å². The number of hydrogen-bond acceptors (Lipinski definition) is 6. The molecular weight excluding hydrogens is 520 g/mol. The summed E-state index contributed by atoms with van der Waals surface area (Å²) in [5.41, 5.74) is 3.53. The van der Waals surface area contributed by atoms with Gasteiger partial charge in [0.15, 0.2) is 16.8 Å². The number of amides is 1. The Morgan fingerprint density at radius 1 is 1.05 bits per heavy atom. The van der Waals surface area contributed by atoms with Gasteiger partial charge in [-0.25, -0.2) is 9.37 Å². The standard InChI is InChI=1S/C28H23F2N7OS/c1-28(2,3)10-21(38)33-15-9-14(11-31-12-15)24-23(30)22-18(13-32-24)36-37-26(22)27-34-17-6-4-5-16(25(17)35-27)19-7-8-20(29)39-19/h4-9,11-13H,10H2,1-3H3,(H,33,38)(H,34,35)(H,36,37). The second-order valence-electron chi connectivity index (χ2n) is 10.4. The van der Waals surface area contributed by atoms with E-state index in [9.17, 15) is 9.18 Å².